The molecule has 0 saturated carbocycles. The molecule has 0 fully saturated rings. The molecule has 0 aliphatic rings. The second-order valence-electron chi connectivity index (χ2n) is 5.89. The second kappa shape index (κ2) is 9.43. The summed E-state index contributed by atoms with van der Waals surface area (Å²) in [5, 5.41) is 0. The Balaban J connectivity index is 2.30. The van der Waals surface area contributed by atoms with Gasteiger partial charge >= 0.3 is 0 Å². The Morgan fingerprint density at radius 3 is 2.33 bits per heavy atom. The quantitative estimate of drug-likeness (QED) is 0.264. The lowest BCUT2D eigenvalue weighted by molar-refractivity contribution is 0.104. The minimum atomic E-state index is -0.130. The van der Waals surface area contributed by atoms with Crippen molar-refractivity contribution in [2.24, 2.45) is 0 Å². The van der Waals surface area contributed by atoms with E-state index in [0.717, 1.165) is 11.1 Å². The third-order valence-electron chi connectivity index (χ3n) is 3.86. The molecule has 0 unspecified atom stereocenters. The number of carbonyl (C=O) groups is 1. The summed E-state index contributed by atoms with van der Waals surface area (Å²) in [6.07, 6.45) is 5.68. The van der Waals surface area contributed by atoms with Gasteiger partial charge in [0.1, 0.15) is 17.2 Å². The van der Waals surface area contributed by atoms with Crippen molar-refractivity contribution < 1.29 is 19.0 Å². The molecule has 2 aromatic carbocycles. The van der Waals surface area contributed by atoms with Crippen molar-refractivity contribution in [1.82, 2.24) is 0 Å². The highest BCUT2D eigenvalue weighted by molar-refractivity contribution is 6.07. The number of allylic oxidation sites excluding steroid dienone is 3. The van der Waals surface area contributed by atoms with Crippen LogP contribution < -0.4 is 14.2 Å². The van der Waals surface area contributed by atoms with Gasteiger partial charge in [-0.05, 0) is 61.4 Å². The Labute approximate surface area is 160 Å². The summed E-state index contributed by atoms with van der Waals surface area (Å²) < 4.78 is 16.4. The molecule has 0 radical (unpaired) electrons. The van der Waals surface area contributed by atoms with Crippen molar-refractivity contribution in [3.63, 3.8) is 0 Å². The van der Waals surface area contributed by atoms with E-state index in [9.17, 15) is 4.79 Å². The van der Waals surface area contributed by atoms with Crippen LogP contribution in [0, 0.1) is 0 Å². The Morgan fingerprint density at radius 1 is 1.07 bits per heavy atom. The first kappa shape index (κ1) is 20.0. The summed E-state index contributed by atoms with van der Waals surface area (Å²) in [5.41, 5.74) is 2.25. The summed E-state index contributed by atoms with van der Waals surface area (Å²) >= 11 is 0. The van der Waals surface area contributed by atoms with Crippen LogP contribution in [0.2, 0.25) is 0 Å². The molecule has 4 nitrogen and oxygen atoms in total. The van der Waals surface area contributed by atoms with Gasteiger partial charge in [0.2, 0.25) is 0 Å². The smallest absolute Gasteiger partial charge is 0.185 e. The highest BCUT2D eigenvalue weighted by atomic mass is 16.5. The molecule has 0 spiro atoms. The van der Waals surface area contributed by atoms with E-state index in [-0.39, 0.29) is 5.78 Å². The highest BCUT2D eigenvalue weighted by Crippen LogP contribution is 2.34. The van der Waals surface area contributed by atoms with Crippen LogP contribution in [-0.2, 0) is 6.42 Å². The van der Waals surface area contributed by atoms with E-state index in [1.165, 1.54) is 6.08 Å². The molecule has 0 aliphatic heterocycles. The molecule has 2 rings (SSSR count). The zero-order valence-corrected chi connectivity index (χ0v) is 16.0. The third-order valence-corrected chi connectivity index (χ3v) is 3.86. The van der Waals surface area contributed by atoms with Crippen LogP contribution >= 0.6 is 0 Å². The summed E-state index contributed by atoms with van der Waals surface area (Å²) in [7, 11) is 3.18. The fourth-order valence-electron chi connectivity index (χ4n) is 2.66. The number of methoxy groups -OCH3 is 2. The molecule has 27 heavy (non-hydrogen) atoms. The minimum Gasteiger partial charge on any atom is -0.496 e. The maximum atomic E-state index is 12.5. The SMILES string of the molecule is C=CCc1ccc(OC)c(/C=C/C(=O)c2ccc(OC(=C)C)cc2)c1OC. The first-order valence-corrected chi connectivity index (χ1v) is 8.50. The largest absolute Gasteiger partial charge is 0.496 e. The van der Waals surface area contributed by atoms with Crippen LogP contribution in [0.1, 0.15) is 28.4 Å². The molecule has 0 atom stereocenters. The zero-order chi connectivity index (χ0) is 19.8. The number of benzene rings is 2. The first-order chi connectivity index (χ1) is 13.0. The van der Waals surface area contributed by atoms with Crippen molar-refractivity contribution in [3.05, 3.63) is 84.2 Å². The van der Waals surface area contributed by atoms with E-state index in [2.05, 4.69) is 13.2 Å². The number of carbonyl (C=O) groups excluding carboxylic acids is 1. The van der Waals surface area contributed by atoms with E-state index >= 15 is 0 Å². The van der Waals surface area contributed by atoms with Crippen LogP contribution in [0.3, 0.4) is 0 Å². The molecular formula is C23H24O4. The fourth-order valence-corrected chi connectivity index (χ4v) is 2.66. The number of hydrogen-bond acceptors (Lipinski definition) is 4. The lowest BCUT2D eigenvalue weighted by Crippen LogP contribution is -1.99. The van der Waals surface area contributed by atoms with Gasteiger partial charge in [-0.15, -0.1) is 6.58 Å². The predicted molar refractivity (Wildman–Crippen MR) is 109 cm³/mol. The lowest BCUT2D eigenvalue weighted by Gasteiger charge is -2.14. The monoisotopic (exact) mass is 364 g/mol. The van der Waals surface area contributed by atoms with E-state index in [0.29, 0.717) is 35.0 Å². The van der Waals surface area contributed by atoms with Gasteiger partial charge in [-0.25, -0.2) is 0 Å². The maximum absolute atomic E-state index is 12.5. The van der Waals surface area contributed by atoms with Gasteiger partial charge < -0.3 is 14.2 Å². The second-order valence-corrected chi connectivity index (χ2v) is 5.89. The van der Waals surface area contributed by atoms with Crippen LogP contribution in [0.5, 0.6) is 17.2 Å². The average Bonchev–Trinajstić information content (AvgIpc) is 2.66. The normalized spacial score (nSPS) is 10.5. The highest BCUT2D eigenvalue weighted by Gasteiger charge is 2.13. The van der Waals surface area contributed by atoms with E-state index in [4.69, 9.17) is 14.2 Å². The van der Waals surface area contributed by atoms with Crippen molar-refractivity contribution >= 4 is 11.9 Å². The first-order valence-electron chi connectivity index (χ1n) is 8.50. The molecule has 0 heterocycles. The van der Waals surface area contributed by atoms with Crippen molar-refractivity contribution in [2.45, 2.75) is 13.3 Å². The van der Waals surface area contributed by atoms with Crippen LogP contribution in [0.15, 0.2) is 67.5 Å². The van der Waals surface area contributed by atoms with Gasteiger partial charge in [0.15, 0.2) is 5.78 Å². The number of rotatable bonds is 9. The number of ether oxygens (including phenoxy) is 3. The summed E-state index contributed by atoms with van der Waals surface area (Å²) in [4.78, 5) is 12.5. The van der Waals surface area contributed by atoms with Crippen molar-refractivity contribution in [2.75, 3.05) is 14.2 Å². The van der Waals surface area contributed by atoms with Crippen molar-refractivity contribution in [3.8, 4) is 17.2 Å². The Bertz CT molecular complexity index is 861. The van der Waals surface area contributed by atoms with Crippen LogP contribution in [0.4, 0.5) is 0 Å². The van der Waals surface area contributed by atoms with E-state index < -0.39 is 0 Å². The molecule has 0 bridgehead atoms. The van der Waals surface area contributed by atoms with Gasteiger partial charge in [0, 0.05) is 5.56 Å². The summed E-state index contributed by atoms with van der Waals surface area (Å²) in [5.74, 6) is 2.41. The predicted octanol–water partition coefficient (Wildman–Crippen LogP) is 5.24. The van der Waals surface area contributed by atoms with E-state index in [1.807, 2.05) is 12.1 Å². The van der Waals surface area contributed by atoms with Crippen molar-refractivity contribution in [1.29, 1.82) is 0 Å². The number of ketones is 1. The molecule has 0 aliphatic carbocycles. The topological polar surface area (TPSA) is 44.8 Å². The molecule has 0 aromatic heterocycles. The van der Waals surface area contributed by atoms with E-state index in [1.54, 1.807) is 57.6 Å². The molecule has 0 amide bonds. The van der Waals surface area contributed by atoms with Gasteiger partial charge in [0.25, 0.3) is 0 Å². The van der Waals surface area contributed by atoms with Gasteiger partial charge in [-0.1, -0.05) is 18.7 Å². The summed E-state index contributed by atoms with van der Waals surface area (Å²) in [6.45, 7) is 9.23. The molecule has 0 N–H and O–H groups in total. The molecule has 2 aromatic rings. The summed E-state index contributed by atoms with van der Waals surface area (Å²) in [6, 6.07) is 10.7. The van der Waals surface area contributed by atoms with Gasteiger partial charge in [-0.3, -0.25) is 4.79 Å². The maximum Gasteiger partial charge on any atom is 0.185 e. The zero-order valence-electron chi connectivity index (χ0n) is 16.0. The van der Waals surface area contributed by atoms with Gasteiger partial charge in [0.05, 0.1) is 25.5 Å². The molecule has 140 valence electrons. The standard InChI is InChI=1S/C23H24O4/c1-6-7-18-10-15-22(25-4)20(23(18)26-5)13-14-21(24)17-8-11-19(12-9-17)27-16(2)3/h6,8-15H,1-2,7H2,3-5H3/b14-13+. The fraction of sp³-hybridized carbons (Fsp3) is 0.174. The Hall–Kier alpha value is -3.27. The average molecular weight is 364 g/mol. The third kappa shape index (κ3) is 5.11. The Kier molecular flexibility index (Phi) is 7.00. The van der Waals surface area contributed by atoms with Crippen LogP contribution in [-0.4, -0.2) is 20.0 Å². The molecule has 4 heteroatoms. The molecule has 0 saturated heterocycles. The lowest BCUT2D eigenvalue weighted by atomic mass is 10.0. The van der Waals surface area contributed by atoms with Crippen LogP contribution in [0.25, 0.3) is 6.08 Å². The van der Waals surface area contributed by atoms with Gasteiger partial charge in [-0.2, -0.15) is 0 Å². The molecular weight excluding hydrogens is 340 g/mol. The number of hydrogen-bond donors (Lipinski definition) is 0. The Morgan fingerprint density at radius 2 is 1.78 bits per heavy atom. The minimum absolute atomic E-state index is 0.130.